The van der Waals surface area contributed by atoms with Gasteiger partial charge in [0, 0.05) is 29.8 Å². The zero-order valence-electron chi connectivity index (χ0n) is 18.6. The number of sulfonamides is 1. The molecule has 0 saturated heterocycles. The third kappa shape index (κ3) is 3.80. The summed E-state index contributed by atoms with van der Waals surface area (Å²) in [4.78, 5) is 24.6. The van der Waals surface area contributed by atoms with Gasteiger partial charge >= 0.3 is 0 Å². The summed E-state index contributed by atoms with van der Waals surface area (Å²) in [7, 11) is -3.93. The number of nitrogens with one attached hydrogen (secondary N) is 2. The molecule has 0 aliphatic carbocycles. The van der Waals surface area contributed by atoms with Crippen LogP contribution in [0.5, 0.6) is 0 Å². The number of amides is 2. The summed E-state index contributed by atoms with van der Waals surface area (Å²) in [6.07, 6.45) is 0. The molecule has 12 heteroatoms. The number of fused-ring (bicyclic) bond motifs is 1. The second-order valence-corrected chi connectivity index (χ2v) is 10.5. The molecule has 3 aromatic rings. The van der Waals surface area contributed by atoms with Crippen LogP contribution < -0.4 is 11.1 Å². The van der Waals surface area contributed by atoms with Crippen molar-refractivity contribution in [3.05, 3.63) is 58.1 Å². The minimum atomic E-state index is -3.93. The molecule has 0 fully saturated rings. The zero-order chi connectivity index (χ0) is 24.1. The van der Waals surface area contributed by atoms with Gasteiger partial charge in [0.2, 0.25) is 15.9 Å². The molecule has 0 radical (unpaired) electrons. The van der Waals surface area contributed by atoms with Crippen molar-refractivity contribution in [3.63, 3.8) is 0 Å². The molecule has 3 heterocycles. The second kappa shape index (κ2) is 7.81. The number of aromatic amines is 1. The molecule has 1 aliphatic rings. The number of nitrogens with zero attached hydrogens (tertiary/aromatic N) is 3. The summed E-state index contributed by atoms with van der Waals surface area (Å²) >= 11 is 0. The fourth-order valence-corrected chi connectivity index (χ4v) is 6.01. The number of nitrogens with two attached hydrogens (primary N) is 1. The number of hydrogen-bond acceptors (Lipinski definition) is 7. The maximum atomic E-state index is 13.4. The van der Waals surface area contributed by atoms with Gasteiger partial charge in [-0.05, 0) is 26.0 Å². The van der Waals surface area contributed by atoms with Gasteiger partial charge in [-0.1, -0.05) is 31.1 Å². The van der Waals surface area contributed by atoms with Crippen molar-refractivity contribution in [3.8, 4) is 0 Å². The summed E-state index contributed by atoms with van der Waals surface area (Å²) < 4.78 is 33.3. The highest BCUT2D eigenvalue weighted by molar-refractivity contribution is 7.89. The lowest BCUT2D eigenvalue weighted by molar-refractivity contribution is 0.0977. The standard InChI is InChI=1S/C21H24N6O5S/c1-11-16(12(2)32-26-11)33(30,31)27-9-15-17(21(3,4)10-27)24-25-19(15)23-20(29)14-8-6-5-7-13(14)18(22)28/h5-8H,9-10H2,1-4H3,(H2,22,28)(H2,23,24,25,29). The van der Waals surface area contributed by atoms with Crippen LogP contribution in [0.15, 0.2) is 33.7 Å². The van der Waals surface area contributed by atoms with Gasteiger partial charge in [-0.25, -0.2) is 8.42 Å². The van der Waals surface area contributed by atoms with Crippen molar-refractivity contribution >= 4 is 27.7 Å². The van der Waals surface area contributed by atoms with Crippen LogP contribution in [0.3, 0.4) is 0 Å². The van der Waals surface area contributed by atoms with E-state index in [1.807, 2.05) is 13.8 Å². The molecular weight excluding hydrogens is 448 g/mol. The van der Waals surface area contributed by atoms with E-state index in [2.05, 4.69) is 20.7 Å². The number of anilines is 1. The van der Waals surface area contributed by atoms with Crippen molar-refractivity contribution in [1.82, 2.24) is 19.7 Å². The number of benzene rings is 1. The normalized spacial score (nSPS) is 15.8. The Hall–Kier alpha value is -3.51. The van der Waals surface area contributed by atoms with Gasteiger partial charge < -0.3 is 15.6 Å². The van der Waals surface area contributed by atoms with Gasteiger partial charge in [0.1, 0.15) is 10.6 Å². The van der Waals surface area contributed by atoms with Crippen LogP contribution in [0.2, 0.25) is 0 Å². The van der Waals surface area contributed by atoms with Crippen molar-refractivity contribution in [2.45, 2.75) is 44.6 Å². The van der Waals surface area contributed by atoms with Crippen molar-refractivity contribution in [1.29, 1.82) is 0 Å². The Morgan fingerprint density at radius 2 is 1.88 bits per heavy atom. The quantitative estimate of drug-likeness (QED) is 0.510. The van der Waals surface area contributed by atoms with Crippen LogP contribution >= 0.6 is 0 Å². The van der Waals surface area contributed by atoms with Crippen molar-refractivity contribution in [2.24, 2.45) is 5.73 Å². The van der Waals surface area contributed by atoms with Crippen molar-refractivity contribution in [2.75, 3.05) is 11.9 Å². The molecule has 0 bridgehead atoms. The Balaban J connectivity index is 1.71. The first kappa shape index (κ1) is 22.7. The molecule has 4 N–H and O–H groups in total. The number of primary amides is 1. The lowest BCUT2D eigenvalue weighted by Gasteiger charge is -2.36. The van der Waals surface area contributed by atoms with E-state index in [0.717, 1.165) is 0 Å². The number of H-pyrrole nitrogens is 1. The second-order valence-electron chi connectivity index (χ2n) is 8.60. The molecule has 33 heavy (non-hydrogen) atoms. The van der Waals surface area contributed by atoms with E-state index in [-0.39, 0.29) is 46.4 Å². The smallest absolute Gasteiger partial charge is 0.257 e. The van der Waals surface area contributed by atoms with Crippen LogP contribution in [0.25, 0.3) is 0 Å². The molecule has 11 nitrogen and oxygen atoms in total. The predicted molar refractivity (Wildman–Crippen MR) is 118 cm³/mol. The first-order chi connectivity index (χ1) is 15.4. The average molecular weight is 473 g/mol. The molecule has 0 spiro atoms. The molecule has 0 unspecified atom stereocenters. The third-order valence-corrected chi connectivity index (χ3v) is 7.72. The Bertz CT molecular complexity index is 1350. The SMILES string of the molecule is Cc1noc(C)c1S(=O)(=O)N1Cc2c(NC(=O)c3ccccc3C(N)=O)n[nH]c2C(C)(C)C1. The number of aromatic nitrogens is 3. The summed E-state index contributed by atoms with van der Waals surface area (Å²) in [5.41, 5.74) is 6.45. The molecular formula is C21H24N6O5S. The van der Waals surface area contributed by atoms with E-state index >= 15 is 0 Å². The maximum absolute atomic E-state index is 13.4. The Morgan fingerprint density at radius 3 is 2.48 bits per heavy atom. The molecule has 2 aromatic heterocycles. The minimum Gasteiger partial charge on any atom is -0.366 e. The number of aryl methyl sites for hydroxylation is 2. The summed E-state index contributed by atoms with van der Waals surface area (Å²) in [6, 6.07) is 6.15. The van der Waals surface area contributed by atoms with E-state index in [1.165, 1.54) is 16.4 Å². The molecule has 4 rings (SSSR count). The summed E-state index contributed by atoms with van der Waals surface area (Å²) in [5, 5.41) is 13.6. The monoisotopic (exact) mass is 472 g/mol. The van der Waals surface area contributed by atoms with Gasteiger partial charge in [-0.3, -0.25) is 14.7 Å². The fraction of sp³-hybridized carbons (Fsp3) is 0.333. The molecule has 0 atom stereocenters. The average Bonchev–Trinajstić information content (AvgIpc) is 3.31. The third-order valence-electron chi connectivity index (χ3n) is 5.68. The topological polar surface area (TPSA) is 164 Å². The van der Waals surface area contributed by atoms with Gasteiger partial charge in [0.25, 0.3) is 5.91 Å². The van der Waals surface area contributed by atoms with Crippen molar-refractivity contribution < 1.29 is 22.5 Å². The Morgan fingerprint density at radius 1 is 1.21 bits per heavy atom. The first-order valence-electron chi connectivity index (χ1n) is 10.1. The maximum Gasteiger partial charge on any atom is 0.257 e. The van der Waals surface area contributed by atoms with Crippen LogP contribution in [-0.2, 0) is 22.0 Å². The van der Waals surface area contributed by atoms with E-state index in [1.54, 1.807) is 26.0 Å². The summed E-state index contributed by atoms with van der Waals surface area (Å²) in [6.45, 7) is 7.05. The van der Waals surface area contributed by atoms with Crippen LogP contribution in [0.4, 0.5) is 5.82 Å². The fourth-order valence-electron chi connectivity index (χ4n) is 4.15. The van der Waals surface area contributed by atoms with E-state index in [9.17, 15) is 18.0 Å². The zero-order valence-corrected chi connectivity index (χ0v) is 19.4. The Labute approximate surface area is 190 Å². The lowest BCUT2D eigenvalue weighted by Crippen LogP contribution is -2.45. The van der Waals surface area contributed by atoms with E-state index < -0.39 is 27.3 Å². The van der Waals surface area contributed by atoms with Gasteiger partial charge in [-0.2, -0.15) is 9.40 Å². The van der Waals surface area contributed by atoms with Crippen LogP contribution in [0.1, 0.15) is 57.3 Å². The summed E-state index contributed by atoms with van der Waals surface area (Å²) in [5.74, 6) is -0.925. The highest BCUT2D eigenvalue weighted by atomic mass is 32.2. The highest BCUT2D eigenvalue weighted by Gasteiger charge is 2.42. The van der Waals surface area contributed by atoms with Gasteiger partial charge in [0.15, 0.2) is 11.6 Å². The number of rotatable bonds is 5. The van der Waals surface area contributed by atoms with Crippen LogP contribution in [-0.4, -0.2) is 46.4 Å². The molecule has 174 valence electrons. The lowest BCUT2D eigenvalue weighted by atomic mass is 9.84. The largest absolute Gasteiger partial charge is 0.366 e. The Kier molecular flexibility index (Phi) is 5.37. The highest BCUT2D eigenvalue weighted by Crippen LogP contribution is 2.38. The molecule has 2 amide bonds. The predicted octanol–water partition coefficient (Wildman–Crippen LogP) is 1.85. The number of hydrogen-bond donors (Lipinski definition) is 3. The molecule has 1 aromatic carbocycles. The first-order valence-corrected chi connectivity index (χ1v) is 11.6. The minimum absolute atomic E-state index is 0.0191. The number of carbonyl (C=O) groups excluding carboxylic acids is 2. The molecule has 0 saturated carbocycles. The van der Waals surface area contributed by atoms with E-state index in [0.29, 0.717) is 11.3 Å². The van der Waals surface area contributed by atoms with Gasteiger partial charge in [0.05, 0.1) is 11.1 Å². The van der Waals surface area contributed by atoms with Crippen LogP contribution in [0, 0.1) is 13.8 Å². The molecule has 1 aliphatic heterocycles. The number of carbonyl (C=O) groups is 2. The van der Waals surface area contributed by atoms with E-state index in [4.69, 9.17) is 10.3 Å². The van der Waals surface area contributed by atoms with Gasteiger partial charge in [-0.15, -0.1) is 0 Å².